The zero-order valence-electron chi connectivity index (χ0n) is 26.0. The summed E-state index contributed by atoms with van der Waals surface area (Å²) < 4.78 is 12.9. The SMILES string of the molecule is CCOC(=O)c1nnn(Cc2ccccc2)c1C(=O)Nc1ccc(C)c(NC(=O)c2c(C(=O)OCC)nnn2Cc2ccccc2)c1. The van der Waals surface area contributed by atoms with E-state index in [1.807, 2.05) is 60.7 Å². The highest BCUT2D eigenvalue weighted by Gasteiger charge is 2.29. The molecule has 0 bridgehead atoms. The first-order chi connectivity index (χ1) is 22.8. The van der Waals surface area contributed by atoms with E-state index in [-0.39, 0.29) is 49.1 Å². The number of hydrogen-bond acceptors (Lipinski definition) is 10. The number of ether oxygens (including phenoxy) is 2. The van der Waals surface area contributed by atoms with Gasteiger partial charge in [-0.3, -0.25) is 9.59 Å². The van der Waals surface area contributed by atoms with Crippen LogP contribution in [0.1, 0.15) is 72.5 Å². The van der Waals surface area contributed by atoms with Gasteiger partial charge in [-0.15, -0.1) is 10.2 Å². The first-order valence-corrected chi connectivity index (χ1v) is 14.8. The number of hydrogen-bond donors (Lipinski definition) is 2. The van der Waals surface area contributed by atoms with E-state index < -0.39 is 23.8 Å². The maximum Gasteiger partial charge on any atom is 0.361 e. The highest BCUT2D eigenvalue weighted by molar-refractivity contribution is 6.11. The number of aryl methyl sites for hydroxylation is 1. The molecule has 0 unspecified atom stereocenters. The number of benzene rings is 3. The number of nitrogens with zero attached hydrogens (tertiary/aromatic N) is 6. The van der Waals surface area contributed by atoms with Gasteiger partial charge in [-0.2, -0.15) is 0 Å². The number of esters is 2. The second-order valence-corrected chi connectivity index (χ2v) is 10.2. The number of amides is 2. The summed E-state index contributed by atoms with van der Waals surface area (Å²) in [5, 5.41) is 21.6. The Hall–Kier alpha value is -6.18. The third-order valence-corrected chi connectivity index (χ3v) is 6.93. The van der Waals surface area contributed by atoms with Gasteiger partial charge in [0.1, 0.15) is 0 Å². The predicted molar refractivity (Wildman–Crippen MR) is 170 cm³/mol. The minimum atomic E-state index is -0.785. The number of rotatable bonds is 12. The van der Waals surface area contributed by atoms with Crippen molar-refractivity contribution in [3.8, 4) is 0 Å². The highest BCUT2D eigenvalue weighted by atomic mass is 16.5. The Morgan fingerprint density at radius 3 is 1.60 bits per heavy atom. The minimum absolute atomic E-state index is 0.0869. The van der Waals surface area contributed by atoms with Gasteiger partial charge < -0.3 is 20.1 Å². The molecule has 5 rings (SSSR count). The fraction of sp³-hybridized carbons (Fsp3) is 0.212. The molecule has 47 heavy (non-hydrogen) atoms. The molecule has 0 saturated heterocycles. The first-order valence-electron chi connectivity index (χ1n) is 14.8. The van der Waals surface area contributed by atoms with E-state index in [0.29, 0.717) is 16.9 Å². The lowest BCUT2D eigenvalue weighted by atomic mass is 10.1. The summed E-state index contributed by atoms with van der Waals surface area (Å²) in [6.07, 6.45) is 0. The molecule has 5 aromatic rings. The molecule has 2 heterocycles. The summed E-state index contributed by atoms with van der Waals surface area (Å²) in [5.41, 5.74) is 2.36. The number of carbonyl (C=O) groups excluding carboxylic acids is 4. The summed E-state index contributed by atoms with van der Waals surface area (Å²) in [6, 6.07) is 23.4. The topological polar surface area (TPSA) is 172 Å². The van der Waals surface area contributed by atoms with Crippen molar-refractivity contribution in [1.82, 2.24) is 30.0 Å². The molecule has 0 fully saturated rings. The zero-order valence-corrected chi connectivity index (χ0v) is 26.0. The van der Waals surface area contributed by atoms with Gasteiger partial charge in [0, 0.05) is 11.4 Å². The third-order valence-electron chi connectivity index (χ3n) is 6.93. The van der Waals surface area contributed by atoms with E-state index in [0.717, 1.165) is 11.1 Å². The molecule has 0 atom stereocenters. The number of aromatic nitrogens is 6. The van der Waals surface area contributed by atoms with Crippen LogP contribution in [0.2, 0.25) is 0 Å². The molecule has 2 amide bonds. The lowest BCUT2D eigenvalue weighted by molar-refractivity contribution is 0.0508. The Bertz CT molecular complexity index is 1900. The van der Waals surface area contributed by atoms with Crippen molar-refractivity contribution in [2.45, 2.75) is 33.9 Å². The van der Waals surface area contributed by atoms with Crippen molar-refractivity contribution in [2.75, 3.05) is 23.8 Å². The second-order valence-electron chi connectivity index (χ2n) is 10.2. The van der Waals surface area contributed by atoms with Crippen LogP contribution in [0.5, 0.6) is 0 Å². The standard InChI is InChI=1S/C33H32N8O6/c1-4-46-32(44)26-28(40(38-36-26)19-22-12-8-6-9-13-22)30(42)34-24-17-16-21(3)25(18-24)35-31(43)29-27(33(45)47-5-2)37-39-41(29)20-23-14-10-7-11-15-23/h6-18H,4-5,19-20H2,1-3H3,(H,34,42)(H,35,43). The molecule has 3 aromatic carbocycles. The lowest BCUT2D eigenvalue weighted by Gasteiger charge is -2.14. The highest BCUT2D eigenvalue weighted by Crippen LogP contribution is 2.23. The molecular weight excluding hydrogens is 604 g/mol. The van der Waals surface area contributed by atoms with Gasteiger partial charge in [0.05, 0.1) is 26.3 Å². The molecule has 14 nitrogen and oxygen atoms in total. The van der Waals surface area contributed by atoms with Crippen molar-refractivity contribution in [1.29, 1.82) is 0 Å². The van der Waals surface area contributed by atoms with Gasteiger partial charge in [0.2, 0.25) is 11.4 Å². The van der Waals surface area contributed by atoms with E-state index >= 15 is 0 Å². The quantitative estimate of drug-likeness (QED) is 0.190. The Kier molecular flexibility index (Phi) is 10.1. The van der Waals surface area contributed by atoms with Crippen LogP contribution in [-0.4, -0.2) is 67.0 Å². The van der Waals surface area contributed by atoms with E-state index in [9.17, 15) is 19.2 Å². The van der Waals surface area contributed by atoms with Crippen LogP contribution in [0, 0.1) is 6.92 Å². The molecule has 2 aromatic heterocycles. The molecule has 0 spiro atoms. The van der Waals surface area contributed by atoms with Crippen LogP contribution in [-0.2, 0) is 22.6 Å². The Labute approximate surface area is 269 Å². The summed E-state index contributed by atoms with van der Waals surface area (Å²) >= 11 is 0. The fourth-order valence-electron chi connectivity index (χ4n) is 4.69. The summed E-state index contributed by atoms with van der Waals surface area (Å²) in [4.78, 5) is 52.7. The van der Waals surface area contributed by atoms with Gasteiger partial charge in [-0.25, -0.2) is 19.0 Å². The second kappa shape index (κ2) is 14.7. The van der Waals surface area contributed by atoms with Crippen LogP contribution in [0.15, 0.2) is 78.9 Å². The van der Waals surface area contributed by atoms with Crippen molar-refractivity contribution in [3.05, 3.63) is 118 Å². The molecular formula is C33H32N8O6. The van der Waals surface area contributed by atoms with Gasteiger partial charge in [-0.05, 0) is 49.6 Å². The van der Waals surface area contributed by atoms with Crippen LogP contribution in [0.25, 0.3) is 0 Å². The molecule has 14 heteroatoms. The van der Waals surface area contributed by atoms with Crippen molar-refractivity contribution in [3.63, 3.8) is 0 Å². The van der Waals surface area contributed by atoms with Crippen molar-refractivity contribution < 1.29 is 28.7 Å². The average Bonchev–Trinajstić information content (AvgIpc) is 3.68. The minimum Gasteiger partial charge on any atom is -0.461 e. The molecule has 0 radical (unpaired) electrons. The monoisotopic (exact) mass is 636 g/mol. The van der Waals surface area contributed by atoms with Crippen LogP contribution in [0.3, 0.4) is 0 Å². The largest absolute Gasteiger partial charge is 0.461 e. The van der Waals surface area contributed by atoms with E-state index in [1.54, 1.807) is 39.0 Å². The van der Waals surface area contributed by atoms with E-state index in [1.165, 1.54) is 9.36 Å². The predicted octanol–water partition coefficient (Wildman–Crippen LogP) is 4.13. The average molecular weight is 637 g/mol. The summed E-state index contributed by atoms with van der Waals surface area (Å²) in [7, 11) is 0. The van der Waals surface area contributed by atoms with Gasteiger partial charge in [-0.1, -0.05) is 77.2 Å². The fourth-order valence-corrected chi connectivity index (χ4v) is 4.69. The Morgan fingerprint density at radius 2 is 1.13 bits per heavy atom. The maximum atomic E-state index is 13.7. The molecule has 0 aliphatic carbocycles. The van der Waals surface area contributed by atoms with Crippen LogP contribution in [0.4, 0.5) is 11.4 Å². The first kappa shape index (κ1) is 32.2. The van der Waals surface area contributed by atoms with Crippen LogP contribution >= 0.6 is 0 Å². The molecule has 2 N–H and O–H groups in total. The van der Waals surface area contributed by atoms with Gasteiger partial charge >= 0.3 is 11.9 Å². The third kappa shape index (κ3) is 7.56. The molecule has 0 aliphatic heterocycles. The normalized spacial score (nSPS) is 10.7. The molecule has 0 aliphatic rings. The van der Waals surface area contributed by atoms with E-state index in [2.05, 4.69) is 31.3 Å². The zero-order chi connectivity index (χ0) is 33.3. The summed E-state index contributed by atoms with van der Waals surface area (Å²) in [6.45, 7) is 5.60. The van der Waals surface area contributed by atoms with Gasteiger partial charge in [0.25, 0.3) is 11.8 Å². The lowest BCUT2D eigenvalue weighted by Crippen LogP contribution is -2.23. The Morgan fingerprint density at radius 1 is 0.660 bits per heavy atom. The smallest absolute Gasteiger partial charge is 0.361 e. The van der Waals surface area contributed by atoms with Crippen molar-refractivity contribution >= 4 is 35.1 Å². The number of anilines is 2. The van der Waals surface area contributed by atoms with Gasteiger partial charge in [0.15, 0.2) is 11.4 Å². The summed E-state index contributed by atoms with van der Waals surface area (Å²) in [5.74, 6) is -2.89. The van der Waals surface area contributed by atoms with Crippen molar-refractivity contribution in [2.24, 2.45) is 0 Å². The van der Waals surface area contributed by atoms with Crippen LogP contribution < -0.4 is 10.6 Å². The number of carbonyl (C=O) groups is 4. The molecule has 240 valence electrons. The maximum absolute atomic E-state index is 13.7. The van der Waals surface area contributed by atoms with E-state index in [4.69, 9.17) is 9.47 Å². The Balaban J connectivity index is 1.42. The number of nitrogens with one attached hydrogen (secondary N) is 2. The molecule has 0 saturated carbocycles.